The normalized spacial score (nSPS) is 33.9. The zero-order valence-electron chi connectivity index (χ0n) is 9.96. The number of rotatable bonds is 3. The van der Waals surface area contributed by atoms with Crippen LogP contribution in [0.5, 0.6) is 6.01 Å². The molecule has 0 bridgehead atoms. The van der Waals surface area contributed by atoms with Crippen LogP contribution in [0.15, 0.2) is 9.59 Å². The summed E-state index contributed by atoms with van der Waals surface area (Å²) in [5.41, 5.74) is -1.86. The van der Waals surface area contributed by atoms with Crippen molar-refractivity contribution in [3.63, 3.8) is 0 Å². The highest BCUT2D eigenvalue weighted by Gasteiger charge is 2.45. The van der Waals surface area contributed by atoms with Crippen LogP contribution in [0, 0.1) is 0 Å². The first-order valence-corrected chi connectivity index (χ1v) is 5.60. The Morgan fingerprint density at radius 1 is 1.15 bits per heavy atom. The van der Waals surface area contributed by atoms with E-state index in [-0.39, 0.29) is 0 Å². The van der Waals surface area contributed by atoms with Gasteiger partial charge in [-0.2, -0.15) is 0 Å². The molecule has 0 amide bonds. The molecule has 1 aromatic heterocycles. The number of hydrogen-bond donors (Lipinski definition) is 6. The van der Waals surface area contributed by atoms with E-state index in [0.29, 0.717) is 0 Å². The Morgan fingerprint density at radius 3 is 2.45 bits per heavy atom. The Hall–Kier alpha value is -1.79. The largest absolute Gasteiger partial charge is 0.432 e. The first kappa shape index (κ1) is 14.6. The maximum atomic E-state index is 11.0. The SMILES string of the molecule is O=c1nc(O[C@@H]2O[C@H](CO)[C@@H](O)[C@H](O)[C@H]2O)[nH]c(=O)[nH]1. The van der Waals surface area contributed by atoms with Crippen molar-refractivity contribution in [2.24, 2.45) is 0 Å². The summed E-state index contributed by atoms with van der Waals surface area (Å²) in [7, 11) is 0. The fourth-order valence-electron chi connectivity index (χ4n) is 1.70. The molecular formula is C9H13N3O8. The zero-order valence-corrected chi connectivity index (χ0v) is 9.96. The van der Waals surface area contributed by atoms with Gasteiger partial charge in [0.1, 0.15) is 24.4 Å². The number of nitrogens with zero attached hydrogens (tertiary/aromatic N) is 1. The second kappa shape index (κ2) is 5.68. The van der Waals surface area contributed by atoms with Gasteiger partial charge < -0.3 is 29.9 Å². The first-order chi connectivity index (χ1) is 9.42. The molecule has 1 saturated heterocycles. The molecule has 6 N–H and O–H groups in total. The van der Waals surface area contributed by atoms with Crippen molar-refractivity contribution in [1.29, 1.82) is 0 Å². The summed E-state index contributed by atoms with van der Waals surface area (Å²) in [5, 5.41) is 37.7. The number of aromatic nitrogens is 3. The molecule has 1 aliphatic rings. The van der Waals surface area contributed by atoms with Crippen LogP contribution in [-0.2, 0) is 4.74 Å². The van der Waals surface area contributed by atoms with Gasteiger partial charge in [-0.25, -0.2) is 9.59 Å². The quantitative estimate of drug-likeness (QED) is 0.321. The highest BCUT2D eigenvalue weighted by Crippen LogP contribution is 2.22. The van der Waals surface area contributed by atoms with E-state index in [0.717, 1.165) is 0 Å². The van der Waals surface area contributed by atoms with Crippen LogP contribution in [0.2, 0.25) is 0 Å². The van der Waals surface area contributed by atoms with E-state index in [4.69, 9.17) is 14.6 Å². The minimum absolute atomic E-state index is 0.539. The van der Waals surface area contributed by atoms with Crippen molar-refractivity contribution in [3.8, 4) is 6.01 Å². The molecule has 0 aromatic carbocycles. The van der Waals surface area contributed by atoms with Gasteiger partial charge in [0.2, 0.25) is 6.29 Å². The van der Waals surface area contributed by atoms with E-state index in [2.05, 4.69) is 4.98 Å². The molecule has 1 fully saturated rings. The maximum Gasteiger partial charge on any atom is 0.353 e. The molecule has 1 aliphatic heterocycles. The van der Waals surface area contributed by atoms with Gasteiger partial charge in [-0.1, -0.05) is 0 Å². The predicted octanol–water partition coefficient (Wildman–Crippen LogP) is -4.36. The Bertz CT molecular complexity index is 541. The second-order valence-electron chi connectivity index (χ2n) is 4.12. The topological polar surface area (TPSA) is 178 Å². The minimum Gasteiger partial charge on any atom is -0.432 e. The lowest BCUT2D eigenvalue weighted by atomic mass is 9.99. The van der Waals surface area contributed by atoms with Crippen molar-refractivity contribution in [2.75, 3.05) is 6.61 Å². The molecule has 0 unspecified atom stereocenters. The van der Waals surface area contributed by atoms with Gasteiger partial charge in [0, 0.05) is 0 Å². The molecule has 5 atom stereocenters. The van der Waals surface area contributed by atoms with Crippen LogP contribution in [0.25, 0.3) is 0 Å². The molecule has 0 spiro atoms. The van der Waals surface area contributed by atoms with Crippen molar-refractivity contribution in [3.05, 3.63) is 21.0 Å². The van der Waals surface area contributed by atoms with Crippen LogP contribution < -0.4 is 16.1 Å². The van der Waals surface area contributed by atoms with Crippen LogP contribution >= 0.6 is 0 Å². The summed E-state index contributed by atoms with van der Waals surface area (Å²) in [6.45, 7) is -0.635. The lowest BCUT2D eigenvalue weighted by molar-refractivity contribution is -0.278. The van der Waals surface area contributed by atoms with E-state index in [9.17, 15) is 24.9 Å². The number of H-pyrrole nitrogens is 2. The molecule has 112 valence electrons. The Kier molecular flexibility index (Phi) is 4.15. The van der Waals surface area contributed by atoms with Gasteiger partial charge in [-0.05, 0) is 0 Å². The van der Waals surface area contributed by atoms with Crippen LogP contribution in [0.1, 0.15) is 0 Å². The standard InChI is InChI=1S/C9H13N3O8/c13-1-2-3(14)4(15)5(16)6(19-2)20-9-11-7(17)10-8(18)12-9/h2-6,13-16H,1H2,(H2,10,11,12,17,18)/t2-,3-,4+,5-,6+/m1/s1. The molecule has 1 aromatic rings. The van der Waals surface area contributed by atoms with Crippen molar-refractivity contribution < 1.29 is 29.9 Å². The smallest absolute Gasteiger partial charge is 0.353 e. The molecule has 0 radical (unpaired) electrons. The minimum atomic E-state index is -1.67. The number of aliphatic hydroxyl groups is 4. The third kappa shape index (κ3) is 2.86. The highest BCUT2D eigenvalue weighted by atomic mass is 16.7. The Morgan fingerprint density at radius 2 is 1.85 bits per heavy atom. The highest BCUT2D eigenvalue weighted by molar-refractivity contribution is 4.94. The monoisotopic (exact) mass is 291 g/mol. The zero-order chi connectivity index (χ0) is 14.9. The Labute approximate surface area is 110 Å². The van der Waals surface area contributed by atoms with Crippen LogP contribution in [-0.4, -0.2) is 72.7 Å². The van der Waals surface area contributed by atoms with Crippen LogP contribution in [0.3, 0.4) is 0 Å². The summed E-state index contributed by atoms with van der Waals surface area (Å²) in [5.74, 6) is 0. The summed E-state index contributed by atoms with van der Waals surface area (Å²) in [6.07, 6.45) is -7.55. The predicted molar refractivity (Wildman–Crippen MR) is 59.9 cm³/mol. The lowest BCUT2D eigenvalue weighted by Crippen LogP contribution is -2.60. The van der Waals surface area contributed by atoms with Crippen molar-refractivity contribution in [2.45, 2.75) is 30.7 Å². The van der Waals surface area contributed by atoms with Gasteiger partial charge in [0.15, 0.2) is 0 Å². The summed E-state index contributed by atoms with van der Waals surface area (Å²) >= 11 is 0. The molecule has 20 heavy (non-hydrogen) atoms. The number of nitrogens with one attached hydrogen (secondary N) is 2. The van der Waals surface area contributed by atoms with Crippen LogP contribution in [0.4, 0.5) is 0 Å². The molecule has 0 saturated carbocycles. The van der Waals surface area contributed by atoms with E-state index >= 15 is 0 Å². The Balaban J connectivity index is 2.19. The average molecular weight is 291 g/mol. The van der Waals surface area contributed by atoms with E-state index in [1.165, 1.54) is 0 Å². The van der Waals surface area contributed by atoms with Gasteiger partial charge in [-0.3, -0.25) is 9.97 Å². The van der Waals surface area contributed by atoms with Gasteiger partial charge >= 0.3 is 17.4 Å². The summed E-state index contributed by atoms with van der Waals surface area (Å²) in [6, 6.07) is -0.539. The molecular weight excluding hydrogens is 278 g/mol. The van der Waals surface area contributed by atoms with Crippen molar-refractivity contribution in [1.82, 2.24) is 15.0 Å². The lowest BCUT2D eigenvalue weighted by Gasteiger charge is -2.39. The third-order valence-electron chi connectivity index (χ3n) is 2.72. The number of aromatic amines is 2. The molecule has 2 rings (SSSR count). The average Bonchev–Trinajstić information content (AvgIpc) is 2.38. The van der Waals surface area contributed by atoms with Gasteiger partial charge in [0.25, 0.3) is 0 Å². The molecule has 11 heteroatoms. The third-order valence-corrected chi connectivity index (χ3v) is 2.72. The summed E-state index contributed by atoms with van der Waals surface area (Å²) < 4.78 is 9.95. The van der Waals surface area contributed by atoms with Crippen molar-refractivity contribution >= 4 is 0 Å². The van der Waals surface area contributed by atoms with Gasteiger partial charge in [0.05, 0.1) is 6.61 Å². The number of hydrogen-bond acceptors (Lipinski definition) is 9. The summed E-state index contributed by atoms with van der Waals surface area (Å²) in [4.78, 5) is 29.1. The number of aliphatic hydroxyl groups excluding tert-OH is 4. The number of ether oxygens (including phenoxy) is 2. The van der Waals surface area contributed by atoms with E-state index in [1.807, 2.05) is 4.98 Å². The first-order valence-electron chi connectivity index (χ1n) is 5.60. The molecule has 0 aliphatic carbocycles. The second-order valence-corrected chi connectivity index (χ2v) is 4.12. The van der Waals surface area contributed by atoms with Gasteiger partial charge in [-0.15, -0.1) is 4.98 Å². The van der Waals surface area contributed by atoms with E-state index in [1.54, 1.807) is 4.98 Å². The van der Waals surface area contributed by atoms with E-state index < -0.39 is 54.7 Å². The maximum absolute atomic E-state index is 11.0. The fraction of sp³-hybridized carbons (Fsp3) is 0.667. The fourth-order valence-corrected chi connectivity index (χ4v) is 1.70. The molecule has 2 heterocycles. The molecule has 11 nitrogen and oxygen atoms in total.